The number of hydrogen-bond donors (Lipinski definition) is 1. The lowest BCUT2D eigenvalue weighted by molar-refractivity contribution is -0.120. The van der Waals surface area contributed by atoms with Crippen molar-refractivity contribution in [3.63, 3.8) is 0 Å². The fraction of sp³-hybridized carbons (Fsp3) is 0.417. The van der Waals surface area contributed by atoms with Crippen molar-refractivity contribution in [2.75, 3.05) is 0 Å². The standard InChI is InChI=1S/C12H13Cl2NOS/c1-7(12(16)15-9-3-4-9)17-11-6-8(13)2-5-10(11)14/h2,5-7,9H,3-4H2,1H3,(H,15,16)/t7-/m0/s1. The van der Waals surface area contributed by atoms with Crippen LogP contribution in [0.5, 0.6) is 0 Å². The molecule has 0 radical (unpaired) electrons. The molecule has 2 nitrogen and oxygen atoms in total. The maximum atomic E-state index is 11.8. The molecule has 0 heterocycles. The summed E-state index contributed by atoms with van der Waals surface area (Å²) in [5.74, 6) is 0.0635. The van der Waals surface area contributed by atoms with E-state index >= 15 is 0 Å². The first-order chi connectivity index (χ1) is 8.06. The topological polar surface area (TPSA) is 29.1 Å². The number of amides is 1. The molecule has 1 amide bonds. The van der Waals surface area contributed by atoms with Gasteiger partial charge in [0.15, 0.2) is 0 Å². The molecule has 1 aliphatic rings. The number of benzene rings is 1. The van der Waals surface area contributed by atoms with Crippen LogP contribution < -0.4 is 5.32 Å². The fourth-order valence-corrected chi connectivity index (χ4v) is 2.78. The van der Waals surface area contributed by atoms with Crippen molar-refractivity contribution < 1.29 is 4.79 Å². The molecule has 0 unspecified atom stereocenters. The molecule has 1 saturated carbocycles. The van der Waals surface area contributed by atoms with E-state index in [9.17, 15) is 4.79 Å². The van der Waals surface area contributed by atoms with Gasteiger partial charge in [-0.05, 0) is 38.0 Å². The Balaban J connectivity index is 1.98. The van der Waals surface area contributed by atoms with Crippen LogP contribution in [0, 0.1) is 0 Å². The normalized spacial score (nSPS) is 16.6. The predicted octanol–water partition coefficient (Wildman–Crippen LogP) is 3.75. The average Bonchev–Trinajstić information content (AvgIpc) is 3.07. The monoisotopic (exact) mass is 289 g/mol. The van der Waals surface area contributed by atoms with Gasteiger partial charge in [-0.1, -0.05) is 23.2 Å². The molecule has 1 N–H and O–H groups in total. The van der Waals surface area contributed by atoms with Crippen molar-refractivity contribution in [2.24, 2.45) is 0 Å². The average molecular weight is 290 g/mol. The van der Waals surface area contributed by atoms with Gasteiger partial charge >= 0.3 is 0 Å². The van der Waals surface area contributed by atoms with Crippen LogP contribution in [-0.4, -0.2) is 17.2 Å². The second-order valence-corrected chi connectivity index (χ2v) is 6.34. The zero-order chi connectivity index (χ0) is 12.4. The van der Waals surface area contributed by atoms with Gasteiger partial charge in [0.1, 0.15) is 0 Å². The molecular weight excluding hydrogens is 277 g/mol. The van der Waals surface area contributed by atoms with E-state index in [1.165, 1.54) is 11.8 Å². The van der Waals surface area contributed by atoms with Gasteiger partial charge in [-0.15, -0.1) is 11.8 Å². The second kappa shape index (κ2) is 5.51. The molecule has 1 aromatic carbocycles. The Morgan fingerprint density at radius 1 is 1.47 bits per heavy atom. The van der Waals surface area contributed by atoms with E-state index in [1.807, 2.05) is 6.92 Å². The van der Waals surface area contributed by atoms with Gasteiger partial charge in [0.25, 0.3) is 0 Å². The smallest absolute Gasteiger partial charge is 0.233 e. The lowest BCUT2D eigenvalue weighted by Gasteiger charge is -2.12. The van der Waals surface area contributed by atoms with Gasteiger partial charge < -0.3 is 5.32 Å². The van der Waals surface area contributed by atoms with Gasteiger partial charge in [0, 0.05) is 16.0 Å². The Morgan fingerprint density at radius 3 is 2.82 bits per heavy atom. The summed E-state index contributed by atoms with van der Waals surface area (Å²) in [5, 5.41) is 4.07. The molecule has 17 heavy (non-hydrogen) atoms. The molecule has 1 fully saturated rings. The maximum Gasteiger partial charge on any atom is 0.233 e. The Morgan fingerprint density at radius 2 is 2.18 bits per heavy atom. The molecule has 0 aromatic heterocycles. The first-order valence-corrected chi connectivity index (χ1v) is 7.12. The van der Waals surface area contributed by atoms with Crippen LogP contribution in [0.4, 0.5) is 0 Å². The number of rotatable bonds is 4. The van der Waals surface area contributed by atoms with E-state index in [0.29, 0.717) is 16.1 Å². The molecule has 0 bridgehead atoms. The molecule has 1 aliphatic carbocycles. The van der Waals surface area contributed by atoms with Crippen LogP contribution >= 0.6 is 35.0 Å². The van der Waals surface area contributed by atoms with E-state index < -0.39 is 0 Å². The molecule has 2 rings (SSSR count). The minimum atomic E-state index is -0.161. The largest absolute Gasteiger partial charge is 0.352 e. The van der Waals surface area contributed by atoms with Crippen molar-refractivity contribution in [2.45, 2.75) is 36.0 Å². The summed E-state index contributed by atoms with van der Waals surface area (Å²) >= 11 is 13.4. The van der Waals surface area contributed by atoms with Crippen molar-refractivity contribution in [3.8, 4) is 0 Å². The second-order valence-electron chi connectivity index (χ2n) is 4.12. The highest BCUT2D eigenvalue weighted by atomic mass is 35.5. The molecule has 5 heteroatoms. The number of hydrogen-bond acceptors (Lipinski definition) is 2. The maximum absolute atomic E-state index is 11.8. The summed E-state index contributed by atoms with van der Waals surface area (Å²) in [6.45, 7) is 1.87. The van der Waals surface area contributed by atoms with Crippen LogP contribution in [0.3, 0.4) is 0 Å². The highest BCUT2D eigenvalue weighted by Gasteiger charge is 2.26. The molecule has 1 atom stereocenters. The third-order valence-electron chi connectivity index (χ3n) is 2.49. The van der Waals surface area contributed by atoms with E-state index in [-0.39, 0.29) is 11.2 Å². The summed E-state index contributed by atoms with van der Waals surface area (Å²) in [4.78, 5) is 12.6. The molecule has 0 saturated heterocycles. The van der Waals surface area contributed by atoms with Crippen LogP contribution in [0.15, 0.2) is 23.1 Å². The van der Waals surface area contributed by atoms with Crippen LogP contribution in [-0.2, 0) is 4.79 Å². The van der Waals surface area contributed by atoms with E-state index in [0.717, 1.165) is 17.7 Å². The first kappa shape index (κ1) is 13.1. The first-order valence-electron chi connectivity index (χ1n) is 5.48. The summed E-state index contributed by atoms with van der Waals surface area (Å²) in [7, 11) is 0. The zero-order valence-electron chi connectivity index (χ0n) is 9.37. The predicted molar refractivity (Wildman–Crippen MR) is 72.9 cm³/mol. The molecule has 1 aromatic rings. The number of carbonyl (C=O) groups is 1. The number of halogens is 2. The molecule has 92 valence electrons. The minimum Gasteiger partial charge on any atom is -0.352 e. The minimum absolute atomic E-state index is 0.0635. The molecule has 0 spiro atoms. The molecular formula is C12H13Cl2NOS. The van der Waals surface area contributed by atoms with Crippen molar-refractivity contribution in [3.05, 3.63) is 28.2 Å². The number of nitrogens with one attached hydrogen (secondary N) is 1. The number of thioether (sulfide) groups is 1. The third-order valence-corrected chi connectivity index (χ3v) is 4.33. The zero-order valence-corrected chi connectivity index (χ0v) is 11.7. The van der Waals surface area contributed by atoms with E-state index in [1.54, 1.807) is 18.2 Å². The van der Waals surface area contributed by atoms with Gasteiger partial charge in [0.05, 0.1) is 10.3 Å². The van der Waals surface area contributed by atoms with Gasteiger partial charge in [-0.2, -0.15) is 0 Å². The van der Waals surface area contributed by atoms with E-state index in [4.69, 9.17) is 23.2 Å². The lowest BCUT2D eigenvalue weighted by atomic mass is 10.4. The highest BCUT2D eigenvalue weighted by molar-refractivity contribution is 8.00. The van der Waals surface area contributed by atoms with Crippen LogP contribution in [0.1, 0.15) is 19.8 Å². The summed E-state index contributed by atoms with van der Waals surface area (Å²) in [6.07, 6.45) is 2.20. The summed E-state index contributed by atoms with van der Waals surface area (Å²) in [6, 6.07) is 5.66. The van der Waals surface area contributed by atoms with Gasteiger partial charge in [-0.25, -0.2) is 0 Å². The SMILES string of the molecule is C[C@H](Sc1cc(Cl)ccc1Cl)C(=O)NC1CC1. The molecule has 0 aliphatic heterocycles. The quantitative estimate of drug-likeness (QED) is 0.856. The van der Waals surface area contributed by atoms with Crippen molar-refractivity contribution in [1.29, 1.82) is 0 Å². The van der Waals surface area contributed by atoms with Crippen molar-refractivity contribution in [1.82, 2.24) is 5.32 Å². The van der Waals surface area contributed by atoms with Crippen LogP contribution in [0.2, 0.25) is 10.0 Å². The Labute approximate surface area is 115 Å². The Hall–Kier alpha value is -0.380. The van der Waals surface area contributed by atoms with E-state index in [2.05, 4.69) is 5.32 Å². The highest BCUT2D eigenvalue weighted by Crippen LogP contribution is 2.33. The summed E-state index contributed by atoms with van der Waals surface area (Å²) < 4.78 is 0. The number of carbonyl (C=O) groups excluding carboxylic acids is 1. The summed E-state index contributed by atoms with van der Waals surface area (Å²) in [5.41, 5.74) is 0. The fourth-order valence-electron chi connectivity index (χ4n) is 1.36. The Bertz CT molecular complexity index is 435. The van der Waals surface area contributed by atoms with Gasteiger partial charge in [-0.3, -0.25) is 4.79 Å². The Kier molecular flexibility index (Phi) is 4.23. The lowest BCUT2D eigenvalue weighted by Crippen LogP contribution is -2.32. The third kappa shape index (κ3) is 3.80. The van der Waals surface area contributed by atoms with Crippen molar-refractivity contribution >= 4 is 40.9 Å². The van der Waals surface area contributed by atoms with Crippen LogP contribution in [0.25, 0.3) is 0 Å². The van der Waals surface area contributed by atoms with Gasteiger partial charge in [0.2, 0.25) is 5.91 Å².